The van der Waals surface area contributed by atoms with E-state index in [1.807, 2.05) is 24.3 Å². The number of benzene rings is 2. The highest BCUT2D eigenvalue weighted by Crippen LogP contribution is 2.31. The predicted molar refractivity (Wildman–Crippen MR) is 98.7 cm³/mol. The van der Waals surface area contributed by atoms with Gasteiger partial charge in [0.15, 0.2) is 11.5 Å². The first kappa shape index (κ1) is 17.8. The van der Waals surface area contributed by atoms with E-state index in [9.17, 15) is 9.59 Å². The summed E-state index contributed by atoms with van der Waals surface area (Å²) in [6.45, 7) is 0.396. The molecule has 0 bridgehead atoms. The van der Waals surface area contributed by atoms with Crippen molar-refractivity contribution in [2.75, 3.05) is 26.6 Å². The average molecular weight is 354 g/mol. The van der Waals surface area contributed by atoms with Crippen LogP contribution in [0.25, 0.3) is 0 Å². The molecule has 26 heavy (non-hydrogen) atoms. The summed E-state index contributed by atoms with van der Waals surface area (Å²) in [7, 11) is 4.92. The van der Waals surface area contributed by atoms with Gasteiger partial charge in [-0.25, -0.2) is 0 Å². The second-order valence-electron chi connectivity index (χ2n) is 6.23. The van der Waals surface area contributed by atoms with Crippen molar-refractivity contribution in [3.05, 3.63) is 53.1 Å². The Bertz CT molecular complexity index is 848. The normalized spacial score (nSPS) is 12.8. The monoisotopic (exact) mass is 354 g/mol. The van der Waals surface area contributed by atoms with E-state index >= 15 is 0 Å². The van der Waals surface area contributed by atoms with Gasteiger partial charge < -0.3 is 19.7 Å². The summed E-state index contributed by atoms with van der Waals surface area (Å²) < 4.78 is 10.7. The van der Waals surface area contributed by atoms with Gasteiger partial charge in [0.05, 0.1) is 14.2 Å². The molecule has 3 rings (SSSR count). The summed E-state index contributed by atoms with van der Waals surface area (Å²) >= 11 is 0. The third kappa shape index (κ3) is 3.49. The lowest BCUT2D eigenvalue weighted by atomic mass is 10.00. The molecule has 0 saturated carbocycles. The number of rotatable bonds is 5. The molecule has 0 aliphatic carbocycles. The molecule has 1 aliphatic rings. The number of amides is 2. The summed E-state index contributed by atoms with van der Waals surface area (Å²) in [4.78, 5) is 25.9. The lowest BCUT2D eigenvalue weighted by Gasteiger charge is -2.22. The zero-order valence-corrected chi connectivity index (χ0v) is 15.2. The van der Waals surface area contributed by atoms with E-state index in [4.69, 9.17) is 9.47 Å². The third-order valence-electron chi connectivity index (χ3n) is 4.49. The second kappa shape index (κ2) is 7.47. The number of hydrogen-bond donors (Lipinski definition) is 1. The lowest BCUT2D eigenvalue weighted by molar-refractivity contribution is -0.116. The van der Waals surface area contributed by atoms with Crippen molar-refractivity contribution in [1.82, 2.24) is 4.90 Å². The van der Waals surface area contributed by atoms with Crippen LogP contribution in [0.2, 0.25) is 0 Å². The van der Waals surface area contributed by atoms with Crippen molar-refractivity contribution in [1.29, 1.82) is 0 Å². The standard InChI is InChI=1S/C20H22N2O4/c1-22(12-15-5-4-6-17(25-2)19(15)26-3)20(24)14-7-9-16-13(11-14)8-10-18(23)21-16/h4-7,9,11H,8,10,12H2,1-3H3,(H,21,23). The van der Waals surface area contributed by atoms with Crippen molar-refractivity contribution in [2.24, 2.45) is 0 Å². The van der Waals surface area contributed by atoms with E-state index in [2.05, 4.69) is 5.32 Å². The fraction of sp³-hybridized carbons (Fsp3) is 0.300. The van der Waals surface area contributed by atoms with Crippen LogP contribution in [-0.2, 0) is 17.8 Å². The number of aryl methyl sites for hydroxylation is 1. The van der Waals surface area contributed by atoms with Gasteiger partial charge >= 0.3 is 0 Å². The maximum absolute atomic E-state index is 12.8. The van der Waals surface area contributed by atoms with E-state index < -0.39 is 0 Å². The van der Waals surface area contributed by atoms with Crippen molar-refractivity contribution in [3.63, 3.8) is 0 Å². The topological polar surface area (TPSA) is 67.9 Å². The SMILES string of the molecule is COc1cccc(CN(C)C(=O)c2ccc3c(c2)CCC(=O)N3)c1OC. The third-order valence-corrected chi connectivity index (χ3v) is 4.49. The summed E-state index contributed by atoms with van der Waals surface area (Å²) in [6, 6.07) is 11.0. The molecule has 0 unspecified atom stereocenters. The van der Waals surface area contributed by atoms with E-state index in [1.54, 1.807) is 38.3 Å². The van der Waals surface area contributed by atoms with Gasteiger partial charge in [-0.1, -0.05) is 12.1 Å². The number of carbonyl (C=O) groups excluding carboxylic acids is 2. The van der Waals surface area contributed by atoms with E-state index in [0.717, 1.165) is 16.8 Å². The molecule has 6 nitrogen and oxygen atoms in total. The lowest BCUT2D eigenvalue weighted by Crippen LogP contribution is -2.27. The van der Waals surface area contributed by atoms with Gasteiger partial charge in [0.1, 0.15) is 0 Å². The van der Waals surface area contributed by atoms with Crippen LogP contribution in [0.5, 0.6) is 11.5 Å². The number of methoxy groups -OCH3 is 2. The van der Waals surface area contributed by atoms with Crippen LogP contribution in [-0.4, -0.2) is 38.0 Å². The number of nitrogens with zero attached hydrogens (tertiary/aromatic N) is 1. The number of hydrogen-bond acceptors (Lipinski definition) is 4. The van der Waals surface area contributed by atoms with Crippen LogP contribution in [0.1, 0.15) is 27.9 Å². The molecule has 0 atom stereocenters. The number of anilines is 1. The van der Waals surface area contributed by atoms with Crippen molar-refractivity contribution in [2.45, 2.75) is 19.4 Å². The summed E-state index contributed by atoms with van der Waals surface area (Å²) in [6.07, 6.45) is 1.09. The predicted octanol–water partition coefficient (Wildman–Crippen LogP) is 2.86. The highest BCUT2D eigenvalue weighted by Gasteiger charge is 2.20. The molecule has 1 aliphatic heterocycles. The van der Waals surface area contributed by atoms with Crippen LogP contribution in [0.15, 0.2) is 36.4 Å². The number of para-hydroxylation sites is 1. The van der Waals surface area contributed by atoms with Gasteiger partial charge in [-0.15, -0.1) is 0 Å². The zero-order chi connectivity index (χ0) is 18.7. The highest BCUT2D eigenvalue weighted by atomic mass is 16.5. The maximum atomic E-state index is 12.8. The Kier molecular flexibility index (Phi) is 5.11. The van der Waals surface area contributed by atoms with Gasteiger partial charge in [0.25, 0.3) is 5.91 Å². The van der Waals surface area contributed by atoms with Crippen LogP contribution in [0.4, 0.5) is 5.69 Å². The van der Waals surface area contributed by atoms with Gasteiger partial charge in [0, 0.05) is 36.8 Å². The van der Waals surface area contributed by atoms with Crippen molar-refractivity contribution in [3.8, 4) is 11.5 Å². The Labute approximate surface area is 152 Å². The van der Waals surface area contributed by atoms with E-state index in [-0.39, 0.29) is 11.8 Å². The fourth-order valence-electron chi connectivity index (χ4n) is 3.14. The molecule has 6 heteroatoms. The van der Waals surface area contributed by atoms with Gasteiger partial charge in [0.2, 0.25) is 5.91 Å². The molecule has 2 aromatic rings. The quantitative estimate of drug-likeness (QED) is 0.896. The largest absolute Gasteiger partial charge is 0.493 e. The van der Waals surface area contributed by atoms with Crippen LogP contribution in [0, 0.1) is 0 Å². The molecule has 0 saturated heterocycles. The molecule has 0 radical (unpaired) electrons. The van der Waals surface area contributed by atoms with Crippen molar-refractivity contribution >= 4 is 17.5 Å². The fourth-order valence-corrected chi connectivity index (χ4v) is 3.14. The number of ether oxygens (including phenoxy) is 2. The Morgan fingerprint density at radius 2 is 1.96 bits per heavy atom. The molecule has 0 aromatic heterocycles. The Balaban J connectivity index is 1.80. The molecule has 0 spiro atoms. The molecule has 0 fully saturated rings. The first-order valence-electron chi connectivity index (χ1n) is 8.41. The molecule has 2 amide bonds. The Morgan fingerprint density at radius 1 is 1.15 bits per heavy atom. The van der Waals surface area contributed by atoms with Crippen LogP contribution < -0.4 is 14.8 Å². The minimum atomic E-state index is -0.0884. The molecular formula is C20H22N2O4. The number of fused-ring (bicyclic) bond motifs is 1. The molecular weight excluding hydrogens is 332 g/mol. The minimum Gasteiger partial charge on any atom is -0.493 e. The molecule has 2 aromatic carbocycles. The first-order valence-corrected chi connectivity index (χ1v) is 8.41. The van der Waals surface area contributed by atoms with E-state index in [1.165, 1.54) is 0 Å². The zero-order valence-electron chi connectivity index (χ0n) is 15.2. The molecule has 136 valence electrons. The molecule has 1 heterocycles. The molecule has 1 N–H and O–H groups in total. The van der Waals surface area contributed by atoms with Crippen LogP contribution >= 0.6 is 0 Å². The maximum Gasteiger partial charge on any atom is 0.253 e. The summed E-state index contributed by atoms with van der Waals surface area (Å²) in [5.74, 6) is 1.19. The Hall–Kier alpha value is -3.02. The van der Waals surface area contributed by atoms with E-state index in [0.29, 0.717) is 36.4 Å². The average Bonchev–Trinajstić information content (AvgIpc) is 2.66. The van der Waals surface area contributed by atoms with Gasteiger partial charge in [-0.2, -0.15) is 0 Å². The number of carbonyl (C=O) groups is 2. The first-order chi connectivity index (χ1) is 12.5. The summed E-state index contributed by atoms with van der Waals surface area (Å²) in [5.41, 5.74) is 3.25. The van der Waals surface area contributed by atoms with Crippen molar-refractivity contribution < 1.29 is 19.1 Å². The smallest absolute Gasteiger partial charge is 0.253 e. The Morgan fingerprint density at radius 3 is 2.69 bits per heavy atom. The number of nitrogens with one attached hydrogen (secondary N) is 1. The van der Waals surface area contributed by atoms with Gasteiger partial charge in [-0.05, 0) is 36.2 Å². The minimum absolute atomic E-state index is 0.0128. The van der Waals surface area contributed by atoms with Gasteiger partial charge in [-0.3, -0.25) is 9.59 Å². The second-order valence-corrected chi connectivity index (χ2v) is 6.23. The van der Waals surface area contributed by atoms with Crippen LogP contribution in [0.3, 0.4) is 0 Å². The highest BCUT2D eigenvalue weighted by molar-refractivity contribution is 5.97. The summed E-state index contributed by atoms with van der Waals surface area (Å²) in [5, 5.41) is 2.83.